The zero-order valence-corrected chi connectivity index (χ0v) is 18.5. The van der Waals surface area contributed by atoms with E-state index < -0.39 is 0 Å². The van der Waals surface area contributed by atoms with Gasteiger partial charge in [0.05, 0.1) is 40.1 Å². The number of methoxy groups -OCH3 is 1. The fourth-order valence-electron chi connectivity index (χ4n) is 4.13. The average molecular weight is 444 g/mol. The smallest absolute Gasteiger partial charge is 0.254 e. The lowest BCUT2D eigenvalue weighted by atomic mass is 10.1. The summed E-state index contributed by atoms with van der Waals surface area (Å²) in [6.45, 7) is 8.23. The summed E-state index contributed by atoms with van der Waals surface area (Å²) in [6.07, 6.45) is -0.258. The summed E-state index contributed by atoms with van der Waals surface area (Å²) in [5.74, 6) is 3.50. The van der Waals surface area contributed by atoms with Crippen LogP contribution in [0.5, 0.6) is 11.5 Å². The molecule has 11 heteroatoms. The molecule has 0 bridgehead atoms. The van der Waals surface area contributed by atoms with Crippen LogP contribution in [0.2, 0.25) is 0 Å². The highest BCUT2D eigenvalue weighted by Crippen LogP contribution is 2.34. The lowest BCUT2D eigenvalue weighted by molar-refractivity contribution is 0.0619. The minimum absolute atomic E-state index is 0.258. The molecule has 4 aliphatic heterocycles. The largest absolute Gasteiger partial charge is 0.493 e. The first-order valence-electron chi connectivity index (χ1n) is 11.0. The quantitative estimate of drug-likeness (QED) is 0.725. The van der Waals surface area contributed by atoms with Crippen LogP contribution in [0.3, 0.4) is 0 Å². The highest BCUT2D eigenvalue weighted by atomic mass is 16.5. The van der Waals surface area contributed by atoms with Crippen molar-refractivity contribution in [3.8, 4) is 11.5 Å². The van der Waals surface area contributed by atoms with Gasteiger partial charge in [0.25, 0.3) is 5.96 Å². The first-order valence-corrected chi connectivity index (χ1v) is 11.0. The van der Waals surface area contributed by atoms with Gasteiger partial charge in [0.1, 0.15) is 0 Å². The Bertz CT molecular complexity index is 923. The van der Waals surface area contributed by atoms with Crippen LogP contribution in [0, 0.1) is 0 Å². The Morgan fingerprint density at radius 2 is 1.69 bits per heavy atom. The number of hydrogen-bond acceptors (Lipinski definition) is 11. The maximum Gasteiger partial charge on any atom is 0.254 e. The molecule has 1 atom stereocenters. The Morgan fingerprint density at radius 1 is 0.969 bits per heavy atom. The molecule has 172 valence electrons. The number of ether oxygens (including phenoxy) is 4. The summed E-state index contributed by atoms with van der Waals surface area (Å²) < 4.78 is 22.3. The average Bonchev–Trinajstić information content (AvgIpc) is 3.29. The van der Waals surface area contributed by atoms with Crippen LogP contribution >= 0.6 is 0 Å². The molecule has 0 amide bonds. The number of hydrazone groups is 1. The Morgan fingerprint density at radius 3 is 2.38 bits per heavy atom. The summed E-state index contributed by atoms with van der Waals surface area (Å²) >= 11 is 0. The van der Waals surface area contributed by atoms with Gasteiger partial charge < -0.3 is 28.7 Å². The molecule has 0 radical (unpaired) electrons. The molecule has 2 saturated heterocycles. The van der Waals surface area contributed by atoms with Crippen molar-refractivity contribution < 1.29 is 18.9 Å². The van der Waals surface area contributed by atoms with Gasteiger partial charge in [-0.25, -0.2) is 0 Å². The van der Waals surface area contributed by atoms with E-state index in [1.807, 2.05) is 30.0 Å². The fraction of sp³-hybridized carbons (Fsp3) is 0.571. The number of fused-ring (bicyclic) bond motifs is 1. The van der Waals surface area contributed by atoms with Crippen LogP contribution in [0.1, 0.15) is 18.7 Å². The molecule has 0 aliphatic carbocycles. The van der Waals surface area contributed by atoms with Crippen molar-refractivity contribution >= 4 is 17.9 Å². The van der Waals surface area contributed by atoms with E-state index in [0.717, 1.165) is 37.7 Å². The molecule has 1 aromatic rings. The van der Waals surface area contributed by atoms with Gasteiger partial charge in [0.2, 0.25) is 11.9 Å². The summed E-state index contributed by atoms with van der Waals surface area (Å²) in [7, 11) is 1.64. The predicted octanol–water partition coefficient (Wildman–Crippen LogP) is 0.659. The second kappa shape index (κ2) is 9.21. The SMILES string of the molecule is CCOc1cc(C2NN=C3N=C(N4CCOCC4)N=C(N4CCOCC4)N32)ccc1OC. The van der Waals surface area contributed by atoms with Gasteiger partial charge >= 0.3 is 0 Å². The van der Waals surface area contributed by atoms with Crippen molar-refractivity contribution in [2.24, 2.45) is 15.1 Å². The van der Waals surface area contributed by atoms with Gasteiger partial charge in [-0.3, -0.25) is 10.3 Å². The number of aliphatic imine (C=N–C) groups is 2. The van der Waals surface area contributed by atoms with Crippen molar-refractivity contribution in [2.75, 3.05) is 66.3 Å². The molecule has 1 aromatic carbocycles. The third-order valence-electron chi connectivity index (χ3n) is 5.77. The van der Waals surface area contributed by atoms with E-state index in [0.29, 0.717) is 56.5 Å². The van der Waals surface area contributed by atoms with E-state index >= 15 is 0 Å². The van der Waals surface area contributed by atoms with E-state index in [1.54, 1.807) is 7.11 Å². The van der Waals surface area contributed by atoms with E-state index in [4.69, 9.17) is 28.9 Å². The minimum Gasteiger partial charge on any atom is -0.493 e. The highest BCUT2D eigenvalue weighted by Gasteiger charge is 2.40. The molecule has 0 aromatic heterocycles. The first kappa shape index (κ1) is 20.8. The zero-order valence-electron chi connectivity index (χ0n) is 18.5. The van der Waals surface area contributed by atoms with E-state index in [-0.39, 0.29) is 6.17 Å². The molecule has 1 unspecified atom stereocenters. The number of nitrogens with zero attached hydrogens (tertiary/aromatic N) is 6. The van der Waals surface area contributed by atoms with Crippen molar-refractivity contribution in [1.82, 2.24) is 20.1 Å². The Hall–Kier alpha value is -3.05. The standard InChI is InChI=1S/C21H29N7O4/c1-3-32-17-14-15(4-5-16(17)29-2)18-24-25-20-22-19(26-6-10-30-11-7-26)23-21(28(18)20)27-8-12-31-13-9-27/h4-5,14,18,24H,3,6-13H2,1-2H3. The molecular weight excluding hydrogens is 414 g/mol. The van der Waals surface area contributed by atoms with E-state index in [1.165, 1.54) is 0 Å². The summed E-state index contributed by atoms with van der Waals surface area (Å²) in [6, 6.07) is 5.91. The third-order valence-corrected chi connectivity index (χ3v) is 5.77. The Kier molecular flexibility index (Phi) is 5.99. The van der Waals surface area contributed by atoms with Crippen LogP contribution in [-0.2, 0) is 9.47 Å². The molecule has 0 spiro atoms. The highest BCUT2D eigenvalue weighted by molar-refractivity contribution is 6.12. The molecule has 4 aliphatic rings. The second-order valence-corrected chi connectivity index (χ2v) is 7.68. The monoisotopic (exact) mass is 443 g/mol. The molecule has 5 rings (SSSR count). The molecule has 4 heterocycles. The Labute approximate surface area is 187 Å². The second-order valence-electron chi connectivity index (χ2n) is 7.68. The Balaban J connectivity index is 1.48. The van der Waals surface area contributed by atoms with Crippen molar-refractivity contribution in [2.45, 2.75) is 13.1 Å². The number of rotatable bonds is 4. The normalized spacial score (nSPS) is 23.1. The van der Waals surface area contributed by atoms with Crippen molar-refractivity contribution in [1.29, 1.82) is 0 Å². The third kappa shape index (κ3) is 3.93. The van der Waals surface area contributed by atoms with Gasteiger partial charge in [-0.05, 0) is 19.1 Å². The summed E-state index contributed by atoms with van der Waals surface area (Å²) in [5.41, 5.74) is 4.23. The molecule has 0 saturated carbocycles. The number of benzene rings is 1. The fourth-order valence-corrected chi connectivity index (χ4v) is 4.13. The van der Waals surface area contributed by atoms with E-state index in [2.05, 4.69) is 20.3 Å². The van der Waals surface area contributed by atoms with Gasteiger partial charge in [-0.15, -0.1) is 5.10 Å². The van der Waals surface area contributed by atoms with Gasteiger partial charge in [-0.2, -0.15) is 9.98 Å². The first-order chi connectivity index (χ1) is 15.8. The van der Waals surface area contributed by atoms with Crippen molar-refractivity contribution in [3.63, 3.8) is 0 Å². The lowest BCUT2D eigenvalue weighted by Crippen LogP contribution is -2.54. The van der Waals surface area contributed by atoms with Gasteiger partial charge in [0.15, 0.2) is 17.7 Å². The number of hydrogen-bond donors (Lipinski definition) is 1. The predicted molar refractivity (Wildman–Crippen MR) is 119 cm³/mol. The number of nitrogens with one attached hydrogen (secondary N) is 1. The van der Waals surface area contributed by atoms with Crippen LogP contribution < -0.4 is 14.9 Å². The topological polar surface area (TPSA) is 95.8 Å². The number of morpholine rings is 2. The van der Waals surface area contributed by atoms with Crippen LogP contribution in [-0.4, -0.2) is 98.9 Å². The molecule has 2 fully saturated rings. The molecule has 1 N–H and O–H groups in total. The zero-order chi connectivity index (χ0) is 21.9. The molecule has 11 nitrogen and oxygen atoms in total. The van der Waals surface area contributed by atoms with Crippen LogP contribution in [0.15, 0.2) is 33.3 Å². The maximum absolute atomic E-state index is 5.79. The van der Waals surface area contributed by atoms with Crippen LogP contribution in [0.4, 0.5) is 0 Å². The summed E-state index contributed by atoms with van der Waals surface area (Å²) in [4.78, 5) is 16.2. The van der Waals surface area contributed by atoms with Crippen LogP contribution in [0.25, 0.3) is 0 Å². The number of guanidine groups is 3. The van der Waals surface area contributed by atoms with Gasteiger partial charge in [-0.1, -0.05) is 6.07 Å². The van der Waals surface area contributed by atoms with E-state index in [9.17, 15) is 0 Å². The van der Waals surface area contributed by atoms with Crippen molar-refractivity contribution in [3.05, 3.63) is 23.8 Å². The van der Waals surface area contributed by atoms with Gasteiger partial charge in [0, 0.05) is 31.7 Å². The minimum atomic E-state index is -0.258. The maximum atomic E-state index is 5.79. The molecule has 32 heavy (non-hydrogen) atoms. The lowest BCUT2D eigenvalue weighted by Gasteiger charge is -2.39. The molecular formula is C21H29N7O4. The summed E-state index contributed by atoms with van der Waals surface area (Å²) in [5, 5.41) is 4.56.